The van der Waals surface area contributed by atoms with Gasteiger partial charge in [-0.25, -0.2) is 4.39 Å². The van der Waals surface area contributed by atoms with Gasteiger partial charge in [-0.2, -0.15) is 0 Å². The summed E-state index contributed by atoms with van der Waals surface area (Å²) >= 11 is 0. The fourth-order valence-electron chi connectivity index (χ4n) is 4.05. The molecule has 0 bridgehead atoms. The van der Waals surface area contributed by atoms with Crippen molar-refractivity contribution >= 4 is 17.5 Å². The van der Waals surface area contributed by atoms with Crippen LogP contribution >= 0.6 is 0 Å². The molecule has 6 nitrogen and oxygen atoms in total. The predicted molar refractivity (Wildman–Crippen MR) is 117 cm³/mol. The maximum atomic E-state index is 13.9. The molecule has 2 aliphatic rings. The summed E-state index contributed by atoms with van der Waals surface area (Å²) in [6, 6.07) is 6.88. The molecule has 30 heavy (non-hydrogen) atoms. The van der Waals surface area contributed by atoms with Gasteiger partial charge in [0, 0.05) is 39.3 Å². The summed E-state index contributed by atoms with van der Waals surface area (Å²) < 4.78 is 13.9. The van der Waals surface area contributed by atoms with Gasteiger partial charge in [0.2, 0.25) is 0 Å². The standard InChI is InChI=1S/C23H33FN4O2/c24-20-9-4-5-10-21(20)28-17-15-27(16-18-28)14-6-12-25-22(29)23(30)26-13-11-19-7-2-1-3-8-19/h4-5,7,9-10H,1-3,6,8,11-18H2,(H,25,29)(H,26,30). The maximum Gasteiger partial charge on any atom is 0.309 e. The van der Waals surface area contributed by atoms with Crippen LogP contribution in [0.1, 0.15) is 38.5 Å². The van der Waals surface area contributed by atoms with Crippen LogP contribution in [0.4, 0.5) is 10.1 Å². The van der Waals surface area contributed by atoms with Crippen LogP contribution in [0.25, 0.3) is 0 Å². The lowest BCUT2D eigenvalue weighted by Gasteiger charge is -2.36. The second-order valence-corrected chi connectivity index (χ2v) is 8.00. The van der Waals surface area contributed by atoms with Crippen LogP contribution in [0.2, 0.25) is 0 Å². The quantitative estimate of drug-likeness (QED) is 0.388. The lowest BCUT2D eigenvalue weighted by Crippen LogP contribution is -2.47. The van der Waals surface area contributed by atoms with Crippen molar-refractivity contribution in [2.24, 2.45) is 0 Å². The number of halogens is 1. The van der Waals surface area contributed by atoms with Crippen molar-refractivity contribution in [3.63, 3.8) is 0 Å². The number of benzene rings is 1. The summed E-state index contributed by atoms with van der Waals surface area (Å²) in [4.78, 5) is 28.2. The zero-order valence-electron chi connectivity index (χ0n) is 17.7. The van der Waals surface area contributed by atoms with Crippen molar-refractivity contribution < 1.29 is 14.0 Å². The van der Waals surface area contributed by atoms with Crippen molar-refractivity contribution in [2.75, 3.05) is 50.7 Å². The van der Waals surface area contributed by atoms with Gasteiger partial charge in [0.25, 0.3) is 0 Å². The number of anilines is 1. The topological polar surface area (TPSA) is 64.7 Å². The van der Waals surface area contributed by atoms with Crippen LogP contribution in [-0.2, 0) is 9.59 Å². The van der Waals surface area contributed by atoms with Gasteiger partial charge in [0.1, 0.15) is 5.82 Å². The molecule has 0 atom stereocenters. The lowest BCUT2D eigenvalue weighted by molar-refractivity contribution is -0.139. The van der Waals surface area contributed by atoms with E-state index in [4.69, 9.17) is 0 Å². The minimum absolute atomic E-state index is 0.178. The Hall–Kier alpha value is -2.41. The third-order valence-corrected chi connectivity index (χ3v) is 5.83. The molecule has 1 fully saturated rings. The number of hydrogen-bond donors (Lipinski definition) is 2. The summed E-state index contributed by atoms with van der Waals surface area (Å²) in [5.41, 5.74) is 2.05. The molecule has 7 heteroatoms. The molecule has 1 saturated heterocycles. The minimum atomic E-state index is -0.558. The van der Waals surface area contributed by atoms with Gasteiger partial charge in [-0.1, -0.05) is 23.8 Å². The number of para-hydroxylation sites is 1. The van der Waals surface area contributed by atoms with Crippen LogP contribution < -0.4 is 15.5 Å². The number of rotatable bonds is 8. The second-order valence-electron chi connectivity index (χ2n) is 8.00. The van der Waals surface area contributed by atoms with Gasteiger partial charge in [-0.05, 0) is 57.2 Å². The number of carbonyl (C=O) groups excluding carboxylic acids is 2. The first-order valence-electron chi connectivity index (χ1n) is 11.1. The van der Waals surface area contributed by atoms with Gasteiger partial charge < -0.3 is 15.5 Å². The smallest absolute Gasteiger partial charge is 0.309 e. The third kappa shape index (κ3) is 6.83. The molecule has 1 aliphatic carbocycles. The monoisotopic (exact) mass is 416 g/mol. The summed E-state index contributed by atoms with van der Waals surface area (Å²) in [5.74, 6) is -1.29. The van der Waals surface area contributed by atoms with Crippen LogP contribution in [0.5, 0.6) is 0 Å². The molecule has 1 aliphatic heterocycles. The summed E-state index contributed by atoms with van der Waals surface area (Å²) in [6.45, 7) is 5.13. The van der Waals surface area contributed by atoms with Gasteiger partial charge >= 0.3 is 11.8 Å². The fraction of sp³-hybridized carbons (Fsp3) is 0.565. The number of piperazine rings is 1. The average molecular weight is 417 g/mol. The van der Waals surface area contributed by atoms with Gasteiger partial charge in [-0.15, -0.1) is 0 Å². The van der Waals surface area contributed by atoms with E-state index in [1.807, 2.05) is 12.1 Å². The zero-order valence-corrected chi connectivity index (χ0v) is 17.7. The van der Waals surface area contributed by atoms with Crippen molar-refractivity contribution in [2.45, 2.75) is 38.5 Å². The van der Waals surface area contributed by atoms with Crippen molar-refractivity contribution in [3.05, 3.63) is 41.7 Å². The molecule has 0 unspecified atom stereocenters. The molecule has 0 aromatic heterocycles. The Balaban J connectivity index is 1.25. The van der Waals surface area contributed by atoms with Gasteiger partial charge in [0.15, 0.2) is 0 Å². The highest BCUT2D eigenvalue weighted by Gasteiger charge is 2.19. The summed E-state index contributed by atoms with van der Waals surface area (Å²) in [5, 5.41) is 5.41. The number of nitrogens with one attached hydrogen (secondary N) is 2. The molecular weight excluding hydrogens is 383 g/mol. The number of hydrogen-bond acceptors (Lipinski definition) is 4. The zero-order chi connectivity index (χ0) is 21.2. The van der Waals surface area contributed by atoms with E-state index in [-0.39, 0.29) is 5.82 Å². The van der Waals surface area contributed by atoms with Crippen molar-refractivity contribution in [3.8, 4) is 0 Å². The summed E-state index contributed by atoms with van der Waals surface area (Å²) in [6.07, 6.45) is 8.58. The van der Waals surface area contributed by atoms with Crippen molar-refractivity contribution in [1.82, 2.24) is 15.5 Å². The van der Waals surface area contributed by atoms with Crippen LogP contribution in [0, 0.1) is 5.82 Å². The molecule has 2 N–H and O–H groups in total. The summed E-state index contributed by atoms with van der Waals surface area (Å²) in [7, 11) is 0. The maximum absolute atomic E-state index is 13.9. The molecule has 2 amide bonds. The number of allylic oxidation sites excluding steroid dienone is 1. The van der Waals surface area contributed by atoms with E-state index in [1.165, 1.54) is 24.5 Å². The highest BCUT2D eigenvalue weighted by molar-refractivity contribution is 6.35. The first kappa shape index (κ1) is 22.3. The molecule has 0 radical (unpaired) electrons. The Kier molecular flexibility index (Phi) is 8.68. The van der Waals surface area contributed by atoms with Crippen LogP contribution in [0.3, 0.4) is 0 Å². The highest BCUT2D eigenvalue weighted by Crippen LogP contribution is 2.20. The first-order valence-corrected chi connectivity index (χ1v) is 11.1. The van der Waals surface area contributed by atoms with E-state index < -0.39 is 11.8 Å². The SMILES string of the molecule is O=C(NCCCN1CCN(c2ccccc2F)CC1)C(=O)NCCC1=CCCCC1. The largest absolute Gasteiger partial charge is 0.367 e. The van der Waals surface area contributed by atoms with E-state index in [2.05, 4.69) is 26.5 Å². The third-order valence-electron chi connectivity index (χ3n) is 5.83. The van der Waals surface area contributed by atoms with E-state index in [0.29, 0.717) is 18.8 Å². The lowest BCUT2D eigenvalue weighted by atomic mass is 9.97. The van der Waals surface area contributed by atoms with E-state index in [9.17, 15) is 14.0 Å². The van der Waals surface area contributed by atoms with Crippen LogP contribution in [-0.4, -0.2) is 62.5 Å². The van der Waals surface area contributed by atoms with Gasteiger partial charge in [0.05, 0.1) is 5.69 Å². The Morgan fingerprint density at radius 1 is 0.967 bits per heavy atom. The highest BCUT2D eigenvalue weighted by atomic mass is 19.1. The Labute approximate surface area is 178 Å². The van der Waals surface area contributed by atoms with Crippen molar-refractivity contribution in [1.29, 1.82) is 0 Å². The first-order chi connectivity index (χ1) is 14.6. The Morgan fingerprint density at radius 3 is 2.40 bits per heavy atom. The van der Waals surface area contributed by atoms with Gasteiger partial charge in [-0.3, -0.25) is 14.5 Å². The molecule has 1 heterocycles. The molecular formula is C23H33FN4O2. The number of nitrogens with zero attached hydrogens (tertiary/aromatic N) is 2. The number of amides is 2. The molecule has 1 aromatic carbocycles. The number of carbonyl (C=O) groups is 2. The normalized spacial score (nSPS) is 17.4. The fourth-order valence-corrected chi connectivity index (χ4v) is 4.05. The van der Waals surface area contributed by atoms with E-state index >= 15 is 0 Å². The van der Waals surface area contributed by atoms with Crippen LogP contribution in [0.15, 0.2) is 35.9 Å². The molecule has 0 spiro atoms. The Morgan fingerprint density at radius 2 is 1.70 bits per heavy atom. The molecule has 0 saturated carbocycles. The second kappa shape index (κ2) is 11.7. The molecule has 164 valence electrons. The van der Waals surface area contributed by atoms with E-state index in [1.54, 1.807) is 6.07 Å². The molecule has 1 aromatic rings. The predicted octanol–water partition coefficient (Wildman–Crippen LogP) is 2.46. The molecule has 3 rings (SSSR count). The minimum Gasteiger partial charge on any atom is -0.367 e. The average Bonchev–Trinajstić information content (AvgIpc) is 2.78. The van der Waals surface area contributed by atoms with E-state index in [0.717, 1.165) is 58.4 Å². The Bertz CT molecular complexity index is 744.